The van der Waals surface area contributed by atoms with Crippen LogP contribution in [0.4, 0.5) is 0 Å². The third-order valence-corrected chi connectivity index (χ3v) is 28.4. The van der Waals surface area contributed by atoms with Crippen LogP contribution in [0.2, 0.25) is 0 Å². The summed E-state index contributed by atoms with van der Waals surface area (Å²) in [6, 6.07) is 10.3. The topological polar surface area (TPSA) is 273 Å². The fraction of sp³-hybridized carbons (Fsp3) is 0.883. The number of ether oxygens (including phenoxy) is 12. The van der Waals surface area contributed by atoms with E-state index in [9.17, 15) is 9.59 Å². The second kappa shape index (κ2) is 28.4. The highest BCUT2D eigenvalue weighted by Gasteiger charge is 2.74. The molecule has 20 aliphatic rings. The molecular formula is C77H114N2O24. The van der Waals surface area contributed by atoms with E-state index < -0.39 is 108 Å². The van der Waals surface area contributed by atoms with Gasteiger partial charge >= 0.3 is 11.9 Å². The summed E-state index contributed by atoms with van der Waals surface area (Å²) in [5.74, 6) is -1.94. The minimum absolute atomic E-state index is 0.0550. The van der Waals surface area contributed by atoms with E-state index in [2.05, 4.69) is 90.1 Å². The van der Waals surface area contributed by atoms with Crippen LogP contribution in [0.15, 0.2) is 35.5 Å². The van der Waals surface area contributed by atoms with E-state index in [1.807, 2.05) is 33.8 Å². The van der Waals surface area contributed by atoms with Crippen molar-refractivity contribution in [2.24, 2.45) is 99.8 Å². The van der Waals surface area contributed by atoms with Gasteiger partial charge in [-0.3, -0.25) is 4.79 Å². The standard InChI is InChI=1S/C40H59NO10.C37H55NO14/c1-23-12-14-31-25(3)33(44-35-39(31)29(23)16-18-37(5,46-35)48-50-39)42-21-28(41-20-27-10-8-7-9-11-27)22-43-34-26(4)32-15-13-24(2)30-17-19-38(6)47-36(45-34)40(30,32)51-49-38;1-19-7-9-26-21(3)30(44-32-36(26)24(19)13-15-34(5,46-32)49-51-36)42-17-23(38-48-29(41)12-11-28(39)40)18-43-31-22(4)27-10-8-20(2)25-14-16-35(6)47-33(45-31)37(25,27)52-50-35/h7-11,23-26,28-36,41H,12-22H2,1-6H3;19-22,24-27,30-33H,7-18H2,1-6H3,(H,39,40)/t23-,24-,25-,26-,28?,29+,30+,31+,32+,33+,34+,35-,36?,37-,38-,39-,40-;19-,20-,21-,22-,24+,25+,26+,27+,30+,31+,32-,33?,34-,35-,36-,37-/m11/s1. The number of oxime groups is 1. The summed E-state index contributed by atoms with van der Waals surface area (Å²) in [5.41, 5.74) is -1.24. The van der Waals surface area contributed by atoms with Crippen molar-refractivity contribution in [3.8, 4) is 0 Å². The lowest BCUT2D eigenvalue weighted by Crippen LogP contribution is -2.70. The third-order valence-electron chi connectivity index (χ3n) is 28.4. The molecule has 1 aromatic carbocycles. The van der Waals surface area contributed by atoms with Crippen molar-refractivity contribution in [1.29, 1.82) is 0 Å². The van der Waals surface area contributed by atoms with Crippen LogP contribution in [0, 0.1) is 94.7 Å². The molecule has 4 aliphatic carbocycles. The van der Waals surface area contributed by atoms with Crippen LogP contribution in [0.3, 0.4) is 0 Å². The minimum Gasteiger partial charge on any atom is -0.481 e. The molecule has 33 atom stereocenters. The van der Waals surface area contributed by atoms with E-state index in [4.69, 9.17) is 106 Å². The van der Waals surface area contributed by atoms with E-state index >= 15 is 0 Å². The quantitative estimate of drug-likeness (QED) is 0.0564. The SMILES string of the molecule is C[C@H]1[C@@H](OCC(CO[C@H]2O[C@@H]3O[C@@]4(C)CC[C@H]5[C@H](C)CC[C@@H]([C@H]2C)[C@@]35OO4)=NOC(=O)CCC(=O)O)OC2O[C@@]3(C)CC[C@H]4[C@H](C)CC[C@@H]1[C@@]24OO3.C[C@H]1[C@@H](OCC(CO[C@H]2O[C@@H]3O[C@@]4(C)CC[C@H]5[C@H](C)CC[C@@H]([C@H]2C)[C@@]35OO4)NCc2ccccc2)OC2O[C@@]3(C)CC[C@H]4[C@H](C)CC[C@@H]1[C@@]24OO3. The van der Waals surface area contributed by atoms with E-state index in [-0.39, 0.29) is 97.0 Å². The fourth-order valence-corrected chi connectivity index (χ4v) is 22.5. The van der Waals surface area contributed by atoms with Gasteiger partial charge in [-0.2, -0.15) is 0 Å². The van der Waals surface area contributed by atoms with Crippen molar-refractivity contribution in [2.45, 2.75) is 307 Å². The molecule has 576 valence electrons. The molecule has 3 unspecified atom stereocenters. The summed E-state index contributed by atoms with van der Waals surface area (Å²) in [7, 11) is 0. The smallest absolute Gasteiger partial charge is 0.335 e. The Labute approximate surface area is 605 Å². The number of carboxylic acid groups (broad SMARTS) is 1. The lowest BCUT2D eigenvalue weighted by Gasteiger charge is -2.60. The van der Waals surface area contributed by atoms with Gasteiger partial charge in [-0.05, 0) is 158 Å². The van der Waals surface area contributed by atoms with Gasteiger partial charge in [0.05, 0.1) is 45.3 Å². The maximum Gasteiger partial charge on any atom is 0.335 e. The molecule has 16 aliphatic heterocycles. The first-order valence-electron chi connectivity index (χ1n) is 39.3. The van der Waals surface area contributed by atoms with Crippen LogP contribution in [-0.4, -0.2) is 151 Å². The molecule has 8 bridgehead atoms. The first-order valence-corrected chi connectivity index (χ1v) is 39.3. The van der Waals surface area contributed by atoms with Crippen LogP contribution in [0.5, 0.6) is 0 Å². The second-order valence-corrected chi connectivity index (χ2v) is 35.0. The highest BCUT2D eigenvalue weighted by atomic mass is 17.3. The average molecular weight is 1450 g/mol. The molecule has 1 aromatic rings. The molecule has 21 rings (SSSR count). The molecule has 0 radical (unpaired) electrons. The number of fused-ring (bicyclic) bond motifs is 8. The van der Waals surface area contributed by atoms with Crippen molar-refractivity contribution in [1.82, 2.24) is 5.32 Å². The van der Waals surface area contributed by atoms with Gasteiger partial charge in [0, 0.05) is 79.6 Å². The van der Waals surface area contributed by atoms with Gasteiger partial charge in [-0.25, -0.2) is 43.9 Å². The molecule has 20 fully saturated rings. The van der Waals surface area contributed by atoms with Crippen LogP contribution in [-0.2, 0) is 117 Å². The predicted molar refractivity (Wildman–Crippen MR) is 359 cm³/mol. The summed E-state index contributed by atoms with van der Waals surface area (Å²) in [6.45, 7) is 26.8. The van der Waals surface area contributed by atoms with Crippen LogP contribution in [0.25, 0.3) is 0 Å². The molecule has 103 heavy (non-hydrogen) atoms. The van der Waals surface area contributed by atoms with Gasteiger partial charge in [0.1, 0.15) is 5.71 Å². The molecule has 26 heteroatoms. The van der Waals surface area contributed by atoms with Crippen molar-refractivity contribution in [3.63, 3.8) is 0 Å². The molecule has 16 heterocycles. The monoisotopic (exact) mass is 1450 g/mol. The molecule has 4 spiro atoms. The summed E-state index contributed by atoms with van der Waals surface area (Å²) in [4.78, 5) is 77.8. The fourth-order valence-electron chi connectivity index (χ4n) is 22.5. The molecule has 26 nitrogen and oxygen atoms in total. The number of benzene rings is 1. The van der Waals surface area contributed by atoms with Gasteiger partial charge in [0.15, 0.2) is 72.7 Å². The zero-order chi connectivity index (χ0) is 71.8. The number of carbonyl (C=O) groups is 2. The highest BCUT2D eigenvalue weighted by Crippen LogP contribution is 2.66. The number of hydrogen-bond acceptors (Lipinski definition) is 25. The third kappa shape index (κ3) is 13.0. The first kappa shape index (κ1) is 74.1. The number of nitrogens with one attached hydrogen (secondary N) is 1. The Bertz CT molecular complexity index is 3070. The maximum absolute atomic E-state index is 12.4. The lowest BCUT2D eigenvalue weighted by atomic mass is 9.58. The largest absolute Gasteiger partial charge is 0.481 e. The average Bonchev–Trinajstić information content (AvgIpc) is 1.71. The molecule has 16 saturated heterocycles. The second-order valence-electron chi connectivity index (χ2n) is 35.0. The number of rotatable bonds is 19. The summed E-state index contributed by atoms with van der Waals surface area (Å²) < 4.78 is 79.2. The maximum atomic E-state index is 12.4. The molecular weight excluding hydrogens is 1340 g/mol. The summed E-state index contributed by atoms with van der Waals surface area (Å²) in [5, 5.41) is 16.9. The predicted octanol–water partition coefficient (Wildman–Crippen LogP) is 11.8. The summed E-state index contributed by atoms with van der Waals surface area (Å²) >= 11 is 0. The van der Waals surface area contributed by atoms with E-state index in [1.165, 1.54) is 5.56 Å². The first-order chi connectivity index (χ1) is 49.3. The van der Waals surface area contributed by atoms with Crippen LogP contribution < -0.4 is 5.32 Å². The van der Waals surface area contributed by atoms with Crippen molar-refractivity contribution < 1.29 is 115 Å². The van der Waals surface area contributed by atoms with Gasteiger partial charge in [-0.1, -0.05) is 90.9 Å². The van der Waals surface area contributed by atoms with Gasteiger partial charge in [0.25, 0.3) is 0 Å². The number of nitrogens with zero attached hydrogens (tertiary/aromatic N) is 1. The zero-order valence-electron chi connectivity index (χ0n) is 62.4. The highest BCUT2D eigenvalue weighted by molar-refractivity contribution is 5.87. The van der Waals surface area contributed by atoms with Crippen molar-refractivity contribution in [2.75, 3.05) is 26.4 Å². The van der Waals surface area contributed by atoms with E-state index in [1.54, 1.807) is 0 Å². The Morgan fingerprint density at radius 1 is 0.447 bits per heavy atom. The molecule has 4 saturated carbocycles. The van der Waals surface area contributed by atoms with E-state index in [0.29, 0.717) is 68.1 Å². The number of hydrogen-bond donors (Lipinski definition) is 2. The Balaban J connectivity index is 0.000000159. The van der Waals surface area contributed by atoms with Crippen LogP contribution >= 0.6 is 0 Å². The Morgan fingerprint density at radius 3 is 1.11 bits per heavy atom. The number of aliphatic carboxylic acids is 1. The molecule has 0 aromatic heterocycles. The zero-order valence-corrected chi connectivity index (χ0v) is 62.4. The number of carbonyl (C=O) groups excluding carboxylic acids is 1. The molecule has 0 amide bonds. The van der Waals surface area contributed by atoms with Crippen molar-refractivity contribution >= 4 is 17.7 Å². The van der Waals surface area contributed by atoms with Gasteiger partial charge in [0.2, 0.25) is 23.1 Å². The lowest BCUT2D eigenvalue weighted by molar-refractivity contribution is -0.578. The van der Waals surface area contributed by atoms with Crippen molar-refractivity contribution in [3.05, 3.63) is 35.9 Å². The minimum atomic E-state index is -1.11. The number of carboxylic acids is 1. The Kier molecular flexibility index (Phi) is 20.4. The van der Waals surface area contributed by atoms with E-state index in [0.717, 1.165) is 89.9 Å². The van der Waals surface area contributed by atoms with Gasteiger partial charge < -0.3 is 72.1 Å². The normalized spacial score (nSPS) is 51.4. The van der Waals surface area contributed by atoms with Crippen LogP contribution in [0.1, 0.15) is 204 Å². The Morgan fingerprint density at radius 2 is 0.777 bits per heavy atom. The molecule has 2 N–H and O–H groups in total. The summed E-state index contributed by atoms with van der Waals surface area (Å²) in [6.07, 6.45) is 9.63. The van der Waals surface area contributed by atoms with Gasteiger partial charge in [-0.15, -0.1) is 0 Å². The Hall–Kier alpha value is -3.01.